The zero-order chi connectivity index (χ0) is 16.2. The van der Waals surface area contributed by atoms with E-state index in [1.807, 2.05) is 13.8 Å². The number of sulfonamides is 1. The molecule has 1 aromatic heterocycles. The summed E-state index contributed by atoms with van der Waals surface area (Å²) in [7, 11) is -3.58. The van der Waals surface area contributed by atoms with E-state index < -0.39 is 10.0 Å². The minimum atomic E-state index is -3.58. The Morgan fingerprint density at radius 3 is 2.50 bits per heavy atom. The standard InChI is InChI=1S/C13H17IN4O3S/c1-9(2)21-8-13-12(16-18-17-13)7-15-22(19,20)11-5-3-10(14)4-6-11/h3-6,9,15H,7-8H2,1-2H3,(H,16,17,18). The lowest BCUT2D eigenvalue weighted by Gasteiger charge is -2.08. The van der Waals surface area contributed by atoms with Crippen LogP contribution in [0.15, 0.2) is 29.2 Å². The van der Waals surface area contributed by atoms with Crippen LogP contribution in [0, 0.1) is 3.57 Å². The Balaban J connectivity index is 2.03. The number of hydrogen-bond acceptors (Lipinski definition) is 5. The molecular weight excluding hydrogens is 419 g/mol. The first kappa shape index (κ1) is 17.3. The molecule has 1 heterocycles. The molecule has 0 saturated heterocycles. The third-order valence-electron chi connectivity index (χ3n) is 2.81. The first-order chi connectivity index (χ1) is 10.4. The number of nitrogens with one attached hydrogen (secondary N) is 2. The number of rotatable bonds is 7. The van der Waals surface area contributed by atoms with E-state index in [-0.39, 0.29) is 24.2 Å². The largest absolute Gasteiger partial charge is 0.372 e. The zero-order valence-corrected chi connectivity index (χ0v) is 15.2. The van der Waals surface area contributed by atoms with E-state index in [0.717, 1.165) is 3.57 Å². The number of aromatic nitrogens is 3. The number of halogens is 1. The van der Waals surface area contributed by atoms with Crippen molar-refractivity contribution in [2.24, 2.45) is 0 Å². The summed E-state index contributed by atoms with van der Waals surface area (Å²) in [6, 6.07) is 6.62. The van der Waals surface area contributed by atoms with E-state index in [1.165, 1.54) is 0 Å². The molecule has 0 amide bonds. The maximum atomic E-state index is 12.2. The van der Waals surface area contributed by atoms with Crippen LogP contribution in [0.2, 0.25) is 0 Å². The van der Waals surface area contributed by atoms with Crippen molar-refractivity contribution in [1.29, 1.82) is 0 Å². The van der Waals surface area contributed by atoms with Crippen molar-refractivity contribution in [1.82, 2.24) is 20.1 Å². The minimum Gasteiger partial charge on any atom is -0.372 e. The summed E-state index contributed by atoms with van der Waals surface area (Å²) in [4.78, 5) is 0.219. The Morgan fingerprint density at radius 2 is 1.86 bits per heavy atom. The highest BCUT2D eigenvalue weighted by Gasteiger charge is 2.16. The highest BCUT2D eigenvalue weighted by molar-refractivity contribution is 14.1. The van der Waals surface area contributed by atoms with Crippen molar-refractivity contribution in [3.8, 4) is 0 Å². The van der Waals surface area contributed by atoms with Gasteiger partial charge in [0.15, 0.2) is 0 Å². The van der Waals surface area contributed by atoms with Crippen LogP contribution in [0.1, 0.15) is 25.2 Å². The smallest absolute Gasteiger partial charge is 0.240 e. The Labute approximate surface area is 143 Å². The molecule has 2 aromatic rings. The van der Waals surface area contributed by atoms with E-state index >= 15 is 0 Å². The van der Waals surface area contributed by atoms with Crippen molar-refractivity contribution in [2.45, 2.75) is 38.0 Å². The average molecular weight is 436 g/mol. The summed E-state index contributed by atoms with van der Waals surface area (Å²) in [6.07, 6.45) is 0.0630. The van der Waals surface area contributed by atoms with E-state index in [4.69, 9.17) is 4.74 Å². The van der Waals surface area contributed by atoms with Gasteiger partial charge >= 0.3 is 0 Å². The van der Waals surface area contributed by atoms with Crippen LogP contribution in [0.25, 0.3) is 0 Å². The second kappa shape index (κ2) is 7.49. The number of ether oxygens (including phenoxy) is 1. The Bertz CT molecular complexity index is 713. The number of benzene rings is 1. The fourth-order valence-electron chi connectivity index (χ4n) is 1.64. The average Bonchev–Trinajstić information content (AvgIpc) is 2.91. The fraction of sp³-hybridized carbons (Fsp3) is 0.385. The minimum absolute atomic E-state index is 0.0572. The fourth-order valence-corrected chi connectivity index (χ4v) is 2.99. The van der Waals surface area contributed by atoms with Gasteiger partial charge in [-0.15, -0.1) is 0 Å². The molecule has 2 rings (SSSR count). The van der Waals surface area contributed by atoms with Gasteiger partial charge in [-0.1, -0.05) is 0 Å². The topological polar surface area (TPSA) is 97.0 Å². The van der Waals surface area contributed by atoms with Gasteiger partial charge in [-0.2, -0.15) is 15.4 Å². The lowest BCUT2D eigenvalue weighted by atomic mass is 10.3. The highest BCUT2D eigenvalue weighted by Crippen LogP contribution is 2.13. The number of H-pyrrole nitrogens is 1. The van der Waals surface area contributed by atoms with Gasteiger partial charge in [-0.3, -0.25) is 0 Å². The lowest BCUT2D eigenvalue weighted by Crippen LogP contribution is -2.24. The summed E-state index contributed by atoms with van der Waals surface area (Å²) in [5.41, 5.74) is 1.12. The van der Waals surface area contributed by atoms with Crippen LogP contribution < -0.4 is 4.72 Å². The van der Waals surface area contributed by atoms with Gasteiger partial charge in [0, 0.05) is 3.57 Å². The van der Waals surface area contributed by atoms with Crippen LogP contribution in [-0.2, 0) is 27.9 Å². The van der Waals surface area contributed by atoms with Gasteiger partial charge in [0.05, 0.1) is 24.2 Å². The number of aromatic amines is 1. The molecule has 22 heavy (non-hydrogen) atoms. The number of hydrogen-bond donors (Lipinski definition) is 2. The molecule has 120 valence electrons. The van der Waals surface area contributed by atoms with Gasteiger partial charge in [-0.25, -0.2) is 13.1 Å². The van der Waals surface area contributed by atoms with E-state index in [0.29, 0.717) is 11.4 Å². The molecule has 0 bridgehead atoms. The molecule has 0 atom stereocenters. The van der Waals surface area contributed by atoms with Gasteiger partial charge < -0.3 is 4.74 Å². The predicted molar refractivity (Wildman–Crippen MR) is 89.5 cm³/mol. The van der Waals surface area contributed by atoms with Crippen molar-refractivity contribution in [3.05, 3.63) is 39.2 Å². The Kier molecular flexibility index (Phi) is 5.89. The van der Waals surface area contributed by atoms with E-state index in [9.17, 15) is 8.42 Å². The summed E-state index contributed by atoms with van der Waals surface area (Å²) in [6.45, 7) is 4.18. The predicted octanol–water partition coefficient (Wildman–Crippen LogP) is 1.81. The van der Waals surface area contributed by atoms with Crippen molar-refractivity contribution >= 4 is 32.6 Å². The molecule has 0 aliphatic heterocycles. The maximum absolute atomic E-state index is 12.2. The third-order valence-corrected chi connectivity index (χ3v) is 4.95. The molecule has 2 N–H and O–H groups in total. The molecule has 0 fully saturated rings. The maximum Gasteiger partial charge on any atom is 0.240 e. The summed E-state index contributed by atoms with van der Waals surface area (Å²) in [5.74, 6) is 0. The van der Waals surface area contributed by atoms with Gasteiger partial charge in [0.2, 0.25) is 10.0 Å². The van der Waals surface area contributed by atoms with Crippen LogP contribution >= 0.6 is 22.6 Å². The lowest BCUT2D eigenvalue weighted by molar-refractivity contribution is 0.0631. The third kappa shape index (κ3) is 4.73. The second-order valence-electron chi connectivity index (χ2n) is 4.86. The number of nitrogens with zero attached hydrogens (tertiary/aromatic N) is 2. The molecule has 0 radical (unpaired) electrons. The normalized spacial score (nSPS) is 12.0. The SMILES string of the molecule is CC(C)OCc1n[nH]nc1CNS(=O)(=O)c1ccc(I)cc1. The van der Waals surface area contributed by atoms with Gasteiger partial charge in [0.25, 0.3) is 0 Å². The van der Waals surface area contributed by atoms with Crippen molar-refractivity contribution < 1.29 is 13.2 Å². The summed E-state index contributed by atoms with van der Waals surface area (Å²) in [5, 5.41) is 10.4. The molecule has 1 aromatic carbocycles. The first-order valence-electron chi connectivity index (χ1n) is 6.64. The summed E-state index contributed by atoms with van der Waals surface area (Å²) >= 11 is 2.12. The van der Waals surface area contributed by atoms with Crippen LogP contribution in [0.3, 0.4) is 0 Å². The van der Waals surface area contributed by atoms with Crippen LogP contribution in [0.5, 0.6) is 0 Å². The molecular formula is C13H17IN4O3S. The monoisotopic (exact) mass is 436 g/mol. The molecule has 0 aliphatic rings. The van der Waals surface area contributed by atoms with Crippen molar-refractivity contribution in [3.63, 3.8) is 0 Å². The Morgan fingerprint density at radius 1 is 1.23 bits per heavy atom. The summed E-state index contributed by atoms with van der Waals surface area (Å²) < 4.78 is 33.4. The van der Waals surface area contributed by atoms with E-state index in [1.54, 1.807) is 24.3 Å². The van der Waals surface area contributed by atoms with E-state index in [2.05, 4.69) is 42.7 Å². The Hall–Kier alpha value is -1.04. The highest BCUT2D eigenvalue weighted by atomic mass is 127. The molecule has 0 saturated carbocycles. The van der Waals surface area contributed by atoms with Gasteiger partial charge in [0.1, 0.15) is 11.4 Å². The molecule has 0 unspecified atom stereocenters. The van der Waals surface area contributed by atoms with Crippen LogP contribution in [-0.4, -0.2) is 29.9 Å². The molecule has 7 nitrogen and oxygen atoms in total. The zero-order valence-electron chi connectivity index (χ0n) is 12.2. The van der Waals surface area contributed by atoms with Crippen molar-refractivity contribution in [2.75, 3.05) is 0 Å². The molecule has 0 spiro atoms. The quantitative estimate of drug-likeness (QED) is 0.646. The van der Waals surface area contributed by atoms with Crippen LogP contribution in [0.4, 0.5) is 0 Å². The van der Waals surface area contributed by atoms with Gasteiger partial charge in [-0.05, 0) is 60.7 Å². The molecule has 9 heteroatoms. The molecule has 0 aliphatic carbocycles. The first-order valence-corrected chi connectivity index (χ1v) is 9.20. The second-order valence-corrected chi connectivity index (χ2v) is 7.87.